The maximum atomic E-state index is 12.1. The molecule has 0 aliphatic carbocycles. The first kappa shape index (κ1) is 15.4. The Morgan fingerprint density at radius 3 is 2.65 bits per heavy atom. The van der Waals surface area contributed by atoms with Crippen molar-refractivity contribution in [3.8, 4) is 5.75 Å². The number of quaternary nitrogens is 1. The van der Waals surface area contributed by atoms with Gasteiger partial charge in [-0.2, -0.15) is 0 Å². The Kier molecular flexibility index (Phi) is 5.52. The molecule has 1 saturated heterocycles. The predicted molar refractivity (Wildman–Crippen MR) is 79.8 cm³/mol. The maximum absolute atomic E-state index is 12.1. The summed E-state index contributed by atoms with van der Waals surface area (Å²) in [6.45, 7) is 6.88. The smallest absolute Gasteiger partial charge is 0.260 e. The van der Waals surface area contributed by atoms with Crippen molar-refractivity contribution in [2.75, 3.05) is 39.3 Å². The molecule has 0 atom stereocenters. The van der Waals surface area contributed by atoms with E-state index in [4.69, 9.17) is 27.9 Å². The van der Waals surface area contributed by atoms with Crippen LogP contribution in [-0.2, 0) is 4.79 Å². The standard InChI is InChI=1S/C14H18Cl2N2O2/c1-2-17-5-7-18(8-6-17)14(19)10-20-13-4-3-11(15)9-12(13)16/h3-4,9H,2,5-8,10H2,1H3/p+1. The lowest BCUT2D eigenvalue weighted by Crippen LogP contribution is -3.14. The molecule has 0 bridgehead atoms. The van der Waals surface area contributed by atoms with E-state index in [9.17, 15) is 4.79 Å². The van der Waals surface area contributed by atoms with Crippen LogP contribution >= 0.6 is 23.2 Å². The van der Waals surface area contributed by atoms with E-state index >= 15 is 0 Å². The highest BCUT2D eigenvalue weighted by Crippen LogP contribution is 2.27. The summed E-state index contributed by atoms with van der Waals surface area (Å²) in [5, 5.41) is 0.970. The van der Waals surface area contributed by atoms with Gasteiger partial charge in [0.15, 0.2) is 6.61 Å². The lowest BCUT2D eigenvalue weighted by molar-refractivity contribution is -0.902. The normalized spacial score (nSPS) is 16.2. The van der Waals surface area contributed by atoms with Crippen LogP contribution in [0.5, 0.6) is 5.75 Å². The topological polar surface area (TPSA) is 34.0 Å². The number of amides is 1. The van der Waals surface area contributed by atoms with Crippen LogP contribution in [-0.4, -0.2) is 50.1 Å². The Labute approximate surface area is 129 Å². The highest BCUT2D eigenvalue weighted by Gasteiger charge is 2.22. The van der Waals surface area contributed by atoms with Gasteiger partial charge in [0, 0.05) is 5.02 Å². The molecule has 1 fully saturated rings. The molecule has 6 heteroatoms. The Balaban J connectivity index is 1.83. The van der Waals surface area contributed by atoms with Gasteiger partial charge in [-0.3, -0.25) is 4.79 Å². The molecule has 1 aliphatic rings. The maximum Gasteiger partial charge on any atom is 0.260 e. The number of hydrogen-bond acceptors (Lipinski definition) is 2. The first-order chi connectivity index (χ1) is 9.60. The first-order valence-electron chi connectivity index (χ1n) is 6.79. The predicted octanol–water partition coefficient (Wildman–Crippen LogP) is 1.12. The van der Waals surface area contributed by atoms with E-state index in [-0.39, 0.29) is 12.5 Å². The molecule has 1 heterocycles. The Morgan fingerprint density at radius 2 is 2.05 bits per heavy atom. The second-order valence-corrected chi connectivity index (χ2v) is 5.69. The summed E-state index contributed by atoms with van der Waals surface area (Å²) >= 11 is 11.8. The number of rotatable bonds is 4. The van der Waals surface area contributed by atoms with Crippen molar-refractivity contribution < 1.29 is 14.4 Å². The van der Waals surface area contributed by atoms with E-state index in [0.29, 0.717) is 15.8 Å². The summed E-state index contributed by atoms with van der Waals surface area (Å²) in [6, 6.07) is 4.97. The van der Waals surface area contributed by atoms with Crippen molar-refractivity contribution in [2.45, 2.75) is 6.92 Å². The number of hydrogen-bond donors (Lipinski definition) is 1. The van der Waals surface area contributed by atoms with E-state index in [1.54, 1.807) is 18.2 Å². The van der Waals surface area contributed by atoms with Gasteiger partial charge < -0.3 is 14.5 Å². The van der Waals surface area contributed by atoms with E-state index in [1.165, 1.54) is 4.90 Å². The number of likely N-dealkylation sites (N-methyl/N-ethyl adjacent to an activating group) is 1. The number of carbonyl (C=O) groups excluding carboxylic acids is 1. The van der Waals surface area contributed by atoms with Gasteiger partial charge in [-0.05, 0) is 25.1 Å². The van der Waals surface area contributed by atoms with Gasteiger partial charge in [-0.25, -0.2) is 0 Å². The molecule has 20 heavy (non-hydrogen) atoms. The second kappa shape index (κ2) is 7.16. The van der Waals surface area contributed by atoms with Crippen molar-refractivity contribution in [2.24, 2.45) is 0 Å². The van der Waals surface area contributed by atoms with Gasteiger partial charge in [0.05, 0.1) is 37.7 Å². The largest absolute Gasteiger partial charge is 0.482 e. The summed E-state index contributed by atoms with van der Waals surface area (Å²) in [7, 11) is 0. The third-order valence-electron chi connectivity index (χ3n) is 3.57. The van der Waals surface area contributed by atoms with Crippen molar-refractivity contribution in [1.82, 2.24) is 4.90 Å². The highest BCUT2D eigenvalue weighted by atomic mass is 35.5. The third kappa shape index (κ3) is 4.01. The summed E-state index contributed by atoms with van der Waals surface area (Å²) < 4.78 is 5.47. The van der Waals surface area contributed by atoms with Crippen LogP contribution in [0.3, 0.4) is 0 Å². The molecule has 1 amide bonds. The zero-order valence-electron chi connectivity index (χ0n) is 11.5. The lowest BCUT2D eigenvalue weighted by Gasteiger charge is -2.31. The van der Waals surface area contributed by atoms with Gasteiger partial charge >= 0.3 is 0 Å². The zero-order valence-corrected chi connectivity index (χ0v) is 13.0. The fourth-order valence-electron chi connectivity index (χ4n) is 2.25. The minimum absolute atomic E-state index is 0.00571. The molecule has 0 saturated carbocycles. The molecule has 1 aromatic rings. The molecule has 0 aromatic heterocycles. The minimum atomic E-state index is 0.00571. The van der Waals surface area contributed by atoms with E-state index < -0.39 is 0 Å². The van der Waals surface area contributed by atoms with E-state index in [0.717, 1.165) is 32.7 Å². The highest BCUT2D eigenvalue weighted by molar-refractivity contribution is 6.35. The number of nitrogens with one attached hydrogen (secondary N) is 1. The average Bonchev–Trinajstić information content (AvgIpc) is 2.46. The Hall–Kier alpha value is -0.970. The zero-order chi connectivity index (χ0) is 14.5. The van der Waals surface area contributed by atoms with Crippen LogP contribution in [0.25, 0.3) is 0 Å². The van der Waals surface area contributed by atoms with Crippen LogP contribution in [0.1, 0.15) is 6.92 Å². The molecule has 1 aliphatic heterocycles. The molecule has 1 N–H and O–H groups in total. The molecule has 1 aromatic carbocycles. The van der Waals surface area contributed by atoms with E-state index in [1.807, 2.05) is 4.90 Å². The Bertz CT molecular complexity index is 474. The van der Waals surface area contributed by atoms with Crippen LogP contribution in [0.2, 0.25) is 10.0 Å². The number of benzene rings is 1. The quantitative estimate of drug-likeness (QED) is 0.903. The van der Waals surface area contributed by atoms with Gasteiger partial charge in [0.2, 0.25) is 0 Å². The van der Waals surface area contributed by atoms with Crippen LogP contribution in [0.15, 0.2) is 18.2 Å². The Morgan fingerprint density at radius 1 is 1.35 bits per heavy atom. The van der Waals surface area contributed by atoms with Crippen molar-refractivity contribution >= 4 is 29.1 Å². The fraction of sp³-hybridized carbons (Fsp3) is 0.500. The molecular weight excluding hydrogens is 299 g/mol. The molecule has 110 valence electrons. The summed E-state index contributed by atoms with van der Waals surface area (Å²) in [5.41, 5.74) is 0. The number of nitrogens with zero attached hydrogens (tertiary/aromatic N) is 1. The SMILES string of the molecule is CC[NH+]1CCN(C(=O)COc2ccc(Cl)cc2Cl)CC1. The van der Waals surface area contributed by atoms with Crippen molar-refractivity contribution in [3.63, 3.8) is 0 Å². The number of piperazine rings is 1. The fourth-order valence-corrected chi connectivity index (χ4v) is 2.71. The molecule has 4 nitrogen and oxygen atoms in total. The van der Waals surface area contributed by atoms with Crippen LogP contribution in [0, 0.1) is 0 Å². The second-order valence-electron chi connectivity index (χ2n) is 4.85. The average molecular weight is 318 g/mol. The molecule has 0 spiro atoms. The van der Waals surface area contributed by atoms with Gasteiger partial charge in [-0.1, -0.05) is 23.2 Å². The minimum Gasteiger partial charge on any atom is -0.482 e. The molecule has 0 unspecified atom stereocenters. The molecule has 0 radical (unpaired) electrons. The molecular formula is C14H19Cl2N2O2+. The summed E-state index contributed by atoms with van der Waals surface area (Å²) in [5.74, 6) is 0.494. The van der Waals surface area contributed by atoms with Crippen LogP contribution < -0.4 is 9.64 Å². The van der Waals surface area contributed by atoms with Gasteiger partial charge in [0.25, 0.3) is 5.91 Å². The number of ether oxygens (including phenoxy) is 1. The summed E-state index contributed by atoms with van der Waals surface area (Å²) in [4.78, 5) is 15.5. The van der Waals surface area contributed by atoms with E-state index in [2.05, 4.69) is 6.92 Å². The van der Waals surface area contributed by atoms with Gasteiger partial charge in [-0.15, -0.1) is 0 Å². The number of halogens is 2. The van der Waals surface area contributed by atoms with Gasteiger partial charge in [0.1, 0.15) is 5.75 Å². The monoisotopic (exact) mass is 317 g/mol. The van der Waals surface area contributed by atoms with Crippen LogP contribution in [0.4, 0.5) is 0 Å². The number of carbonyl (C=O) groups is 1. The van der Waals surface area contributed by atoms with Crippen molar-refractivity contribution in [3.05, 3.63) is 28.2 Å². The first-order valence-corrected chi connectivity index (χ1v) is 7.55. The van der Waals surface area contributed by atoms with Crippen molar-refractivity contribution in [1.29, 1.82) is 0 Å². The molecule has 2 rings (SSSR count). The third-order valence-corrected chi connectivity index (χ3v) is 4.10. The summed E-state index contributed by atoms with van der Waals surface area (Å²) in [6.07, 6.45) is 0. The lowest BCUT2D eigenvalue weighted by atomic mass is 10.3.